The Hall–Kier alpha value is -1.17. The number of hydrogen-bond donors (Lipinski definition) is 1. The molecule has 0 saturated carbocycles. The van der Waals surface area contributed by atoms with E-state index in [0.717, 1.165) is 32.2 Å². The summed E-state index contributed by atoms with van der Waals surface area (Å²) in [5, 5.41) is 20.4. The minimum atomic E-state index is -0.375. The largest absolute Gasteiger partial charge is 0.396 e. The number of aliphatic hydroxyl groups is 1. The van der Waals surface area contributed by atoms with Gasteiger partial charge in [-0.2, -0.15) is 0 Å². The molecule has 1 saturated heterocycles. The number of nitro groups is 1. The van der Waals surface area contributed by atoms with Gasteiger partial charge in [-0.3, -0.25) is 15.0 Å². The summed E-state index contributed by atoms with van der Waals surface area (Å²) in [6, 6.07) is 5.26. The summed E-state index contributed by atoms with van der Waals surface area (Å²) in [7, 11) is 0. The highest BCUT2D eigenvalue weighted by Crippen LogP contribution is 2.28. The fourth-order valence-electron chi connectivity index (χ4n) is 2.82. The lowest BCUT2D eigenvalue weighted by Crippen LogP contribution is -2.29. The summed E-state index contributed by atoms with van der Waals surface area (Å²) in [5.41, 5.74) is 0.792. The van der Waals surface area contributed by atoms with Crippen LogP contribution in [0.5, 0.6) is 0 Å². The second-order valence-corrected chi connectivity index (χ2v) is 5.60. The first kappa shape index (κ1) is 15.2. The van der Waals surface area contributed by atoms with E-state index in [1.54, 1.807) is 12.1 Å². The summed E-state index contributed by atoms with van der Waals surface area (Å²) < 4.78 is 0. The third kappa shape index (κ3) is 3.69. The minimum Gasteiger partial charge on any atom is -0.396 e. The highest BCUT2D eigenvalue weighted by Gasteiger charge is 2.26. The standard InChI is InChI=1S/C14H19ClN2O3/c15-12-6-5-11(14(9-12)17(19)20)10-16-7-1-3-13(16)4-2-8-18/h5-6,9,13,18H,1-4,7-8,10H2. The number of likely N-dealkylation sites (tertiary alicyclic amines) is 1. The number of aliphatic hydroxyl groups excluding tert-OH is 1. The smallest absolute Gasteiger partial charge is 0.275 e. The first-order valence-electron chi connectivity index (χ1n) is 6.89. The molecule has 1 fully saturated rings. The Morgan fingerprint density at radius 2 is 2.30 bits per heavy atom. The molecule has 1 aromatic carbocycles. The first-order chi connectivity index (χ1) is 9.61. The normalized spacial score (nSPS) is 19.4. The molecule has 0 amide bonds. The van der Waals surface area contributed by atoms with Crippen molar-refractivity contribution >= 4 is 17.3 Å². The quantitative estimate of drug-likeness (QED) is 0.647. The van der Waals surface area contributed by atoms with E-state index in [1.807, 2.05) is 0 Å². The fraction of sp³-hybridized carbons (Fsp3) is 0.571. The molecule has 1 aromatic rings. The van der Waals surface area contributed by atoms with Crippen LogP contribution < -0.4 is 0 Å². The van der Waals surface area contributed by atoms with Crippen molar-refractivity contribution in [1.29, 1.82) is 0 Å². The molecule has 0 bridgehead atoms. The van der Waals surface area contributed by atoms with E-state index < -0.39 is 0 Å². The summed E-state index contributed by atoms with van der Waals surface area (Å²) in [5.74, 6) is 0. The summed E-state index contributed by atoms with van der Waals surface area (Å²) in [6.07, 6.45) is 3.93. The van der Waals surface area contributed by atoms with E-state index in [9.17, 15) is 10.1 Å². The van der Waals surface area contributed by atoms with Crippen molar-refractivity contribution in [2.75, 3.05) is 13.2 Å². The predicted molar refractivity (Wildman–Crippen MR) is 77.9 cm³/mol. The van der Waals surface area contributed by atoms with Crippen molar-refractivity contribution in [3.05, 3.63) is 38.9 Å². The van der Waals surface area contributed by atoms with E-state index in [-0.39, 0.29) is 17.2 Å². The lowest BCUT2D eigenvalue weighted by atomic mass is 10.1. The van der Waals surface area contributed by atoms with Gasteiger partial charge in [-0.05, 0) is 44.4 Å². The van der Waals surface area contributed by atoms with Crippen molar-refractivity contribution in [1.82, 2.24) is 4.90 Å². The second-order valence-electron chi connectivity index (χ2n) is 5.16. The Kier molecular flexibility index (Phi) is 5.34. The van der Waals surface area contributed by atoms with Gasteiger partial charge in [0.05, 0.1) is 4.92 Å². The summed E-state index contributed by atoms with van der Waals surface area (Å²) in [4.78, 5) is 13.0. The van der Waals surface area contributed by atoms with Gasteiger partial charge in [0.2, 0.25) is 0 Å². The summed E-state index contributed by atoms with van der Waals surface area (Å²) in [6.45, 7) is 1.73. The zero-order chi connectivity index (χ0) is 14.5. The Morgan fingerprint density at radius 1 is 1.50 bits per heavy atom. The maximum absolute atomic E-state index is 11.1. The summed E-state index contributed by atoms with van der Waals surface area (Å²) >= 11 is 5.83. The van der Waals surface area contributed by atoms with Crippen LogP contribution in [0.25, 0.3) is 0 Å². The third-order valence-corrected chi connectivity index (χ3v) is 4.05. The van der Waals surface area contributed by atoms with Gasteiger partial charge in [0, 0.05) is 35.8 Å². The van der Waals surface area contributed by atoms with Gasteiger partial charge in [0.15, 0.2) is 0 Å². The van der Waals surface area contributed by atoms with E-state index in [2.05, 4.69) is 4.90 Å². The monoisotopic (exact) mass is 298 g/mol. The molecule has 6 heteroatoms. The van der Waals surface area contributed by atoms with E-state index >= 15 is 0 Å². The van der Waals surface area contributed by atoms with Crippen LogP contribution in [0.15, 0.2) is 18.2 Å². The molecule has 0 spiro atoms. The Balaban J connectivity index is 2.11. The number of rotatable bonds is 6. The average Bonchev–Trinajstić information content (AvgIpc) is 2.85. The molecule has 1 atom stereocenters. The molecule has 0 aliphatic carbocycles. The number of nitro benzene ring substituents is 1. The molecule has 0 radical (unpaired) electrons. The minimum absolute atomic E-state index is 0.0882. The van der Waals surface area contributed by atoms with Crippen molar-refractivity contribution in [3.63, 3.8) is 0 Å². The number of halogens is 1. The molecular formula is C14H19ClN2O3. The van der Waals surface area contributed by atoms with Crippen LogP contribution in [0, 0.1) is 10.1 Å². The van der Waals surface area contributed by atoms with Crippen LogP contribution in [0.2, 0.25) is 5.02 Å². The molecule has 1 N–H and O–H groups in total. The fourth-order valence-corrected chi connectivity index (χ4v) is 2.98. The molecule has 1 unspecified atom stereocenters. The van der Waals surface area contributed by atoms with Gasteiger partial charge in [0.25, 0.3) is 5.69 Å². The lowest BCUT2D eigenvalue weighted by molar-refractivity contribution is -0.385. The zero-order valence-electron chi connectivity index (χ0n) is 11.3. The van der Waals surface area contributed by atoms with E-state index in [1.165, 1.54) is 6.07 Å². The van der Waals surface area contributed by atoms with Gasteiger partial charge < -0.3 is 5.11 Å². The Morgan fingerprint density at radius 3 is 3.00 bits per heavy atom. The van der Waals surface area contributed by atoms with Crippen molar-refractivity contribution in [2.45, 2.75) is 38.3 Å². The van der Waals surface area contributed by atoms with Crippen molar-refractivity contribution < 1.29 is 10.0 Å². The number of benzene rings is 1. The first-order valence-corrected chi connectivity index (χ1v) is 7.27. The maximum atomic E-state index is 11.1. The van der Waals surface area contributed by atoms with Crippen LogP contribution in [-0.4, -0.2) is 34.1 Å². The molecule has 1 heterocycles. The topological polar surface area (TPSA) is 66.6 Å². The van der Waals surface area contributed by atoms with Crippen LogP contribution in [0.1, 0.15) is 31.2 Å². The number of hydrogen-bond acceptors (Lipinski definition) is 4. The number of nitrogens with zero attached hydrogens (tertiary/aromatic N) is 2. The van der Waals surface area contributed by atoms with Gasteiger partial charge >= 0.3 is 0 Å². The van der Waals surface area contributed by atoms with Crippen LogP contribution in [0.4, 0.5) is 5.69 Å². The molecule has 1 aliphatic rings. The van der Waals surface area contributed by atoms with Crippen molar-refractivity contribution in [2.24, 2.45) is 0 Å². The van der Waals surface area contributed by atoms with E-state index in [4.69, 9.17) is 16.7 Å². The van der Waals surface area contributed by atoms with Gasteiger partial charge in [-0.25, -0.2) is 0 Å². The SMILES string of the molecule is O=[N+]([O-])c1cc(Cl)ccc1CN1CCCC1CCCO. The highest BCUT2D eigenvalue weighted by molar-refractivity contribution is 6.30. The van der Waals surface area contributed by atoms with Crippen molar-refractivity contribution in [3.8, 4) is 0 Å². The second kappa shape index (κ2) is 7.02. The Labute approximate surface area is 123 Å². The molecule has 5 nitrogen and oxygen atoms in total. The van der Waals surface area contributed by atoms with Gasteiger partial charge in [-0.1, -0.05) is 11.6 Å². The molecular weight excluding hydrogens is 280 g/mol. The van der Waals surface area contributed by atoms with Crippen LogP contribution in [-0.2, 0) is 6.54 Å². The molecule has 0 aromatic heterocycles. The van der Waals surface area contributed by atoms with Gasteiger partial charge in [-0.15, -0.1) is 0 Å². The molecule has 110 valence electrons. The van der Waals surface area contributed by atoms with E-state index in [0.29, 0.717) is 23.2 Å². The van der Waals surface area contributed by atoms with Crippen LogP contribution >= 0.6 is 11.6 Å². The van der Waals surface area contributed by atoms with Gasteiger partial charge in [0.1, 0.15) is 0 Å². The predicted octanol–water partition coefficient (Wildman–Crippen LogP) is 2.99. The molecule has 2 rings (SSSR count). The highest BCUT2D eigenvalue weighted by atomic mass is 35.5. The van der Waals surface area contributed by atoms with Crippen LogP contribution in [0.3, 0.4) is 0 Å². The zero-order valence-corrected chi connectivity index (χ0v) is 12.1. The average molecular weight is 299 g/mol. The lowest BCUT2D eigenvalue weighted by Gasteiger charge is -2.24. The molecule has 1 aliphatic heterocycles. The maximum Gasteiger partial charge on any atom is 0.275 e. The molecule has 20 heavy (non-hydrogen) atoms. The third-order valence-electron chi connectivity index (χ3n) is 3.81. The Bertz CT molecular complexity index is 481.